The monoisotopic (exact) mass is 558 g/mol. The molecule has 4 nitrogen and oxygen atoms in total. The lowest BCUT2D eigenvalue weighted by molar-refractivity contribution is 0.567. The summed E-state index contributed by atoms with van der Waals surface area (Å²) >= 11 is 0. The van der Waals surface area contributed by atoms with Crippen molar-refractivity contribution in [2.75, 3.05) is 4.90 Å². The Kier molecular flexibility index (Phi) is 4.52. The number of rotatable bonds is 2. The van der Waals surface area contributed by atoms with Gasteiger partial charge in [0.1, 0.15) is 11.3 Å². The molecule has 0 radical (unpaired) electrons. The predicted molar refractivity (Wildman–Crippen MR) is 175 cm³/mol. The van der Waals surface area contributed by atoms with Crippen LogP contribution in [0.5, 0.6) is 0 Å². The van der Waals surface area contributed by atoms with Crippen molar-refractivity contribution in [1.82, 2.24) is 14.5 Å². The fourth-order valence-corrected chi connectivity index (χ4v) is 8.28. The summed E-state index contributed by atoms with van der Waals surface area (Å²) in [5.41, 5.74) is 16.0. The van der Waals surface area contributed by atoms with Crippen molar-refractivity contribution in [3.63, 3.8) is 0 Å². The summed E-state index contributed by atoms with van der Waals surface area (Å²) in [6.07, 6.45) is 3.73. The van der Waals surface area contributed by atoms with Crippen LogP contribution in [0.1, 0.15) is 74.9 Å². The van der Waals surface area contributed by atoms with Crippen LogP contribution < -0.4 is 4.90 Å². The molecule has 0 fully saturated rings. The SMILES string of the molecule is CC1(C)c2cccc3c2N2c4c1cccc4C(C)(C)c1cc(-c4nc5cnccc5n4-c4ccccc4)cc(c12)C3(C)C. The van der Waals surface area contributed by atoms with Crippen LogP contribution in [-0.2, 0) is 16.2 Å². The molecule has 0 aliphatic carbocycles. The Morgan fingerprint density at radius 2 is 1.07 bits per heavy atom. The third-order valence-corrected chi connectivity index (χ3v) is 10.6. The van der Waals surface area contributed by atoms with Crippen molar-refractivity contribution in [1.29, 1.82) is 0 Å². The number of benzene rings is 4. The van der Waals surface area contributed by atoms with E-state index >= 15 is 0 Å². The van der Waals surface area contributed by atoms with Gasteiger partial charge in [0, 0.05) is 33.7 Å². The minimum Gasteiger partial charge on any atom is -0.309 e. The molecule has 0 amide bonds. The van der Waals surface area contributed by atoms with Crippen LogP contribution in [0.25, 0.3) is 28.1 Å². The standard InChI is InChI=1S/C39H34N4/c1-37(2)25-14-10-16-27-33(25)43-34-26(37)15-11-17-28(34)39(5,6)30-21-23(20-29(35(30)43)38(27,3)4)36-41-31-22-40-19-18-32(31)42(36)24-12-8-7-9-13-24/h7-22H,1-6H3. The second kappa shape index (κ2) is 7.82. The first-order valence-corrected chi connectivity index (χ1v) is 15.3. The van der Waals surface area contributed by atoms with Gasteiger partial charge >= 0.3 is 0 Å². The molecule has 0 saturated heterocycles. The highest BCUT2D eigenvalue weighted by atomic mass is 15.2. The van der Waals surface area contributed by atoms with Crippen LogP contribution in [0.4, 0.5) is 17.1 Å². The summed E-state index contributed by atoms with van der Waals surface area (Å²) in [6.45, 7) is 14.4. The fraction of sp³-hybridized carbons (Fsp3) is 0.231. The highest BCUT2D eigenvalue weighted by Gasteiger charge is 2.51. The maximum Gasteiger partial charge on any atom is 0.145 e. The molecule has 6 aromatic rings. The van der Waals surface area contributed by atoms with Crippen molar-refractivity contribution < 1.29 is 0 Å². The van der Waals surface area contributed by atoms with Gasteiger partial charge in [-0.05, 0) is 63.7 Å². The Morgan fingerprint density at radius 1 is 0.558 bits per heavy atom. The molecule has 43 heavy (non-hydrogen) atoms. The molecule has 0 spiro atoms. The number of anilines is 3. The van der Waals surface area contributed by atoms with Crippen LogP contribution in [-0.4, -0.2) is 14.5 Å². The smallest absolute Gasteiger partial charge is 0.145 e. The molecule has 3 aliphatic heterocycles. The van der Waals surface area contributed by atoms with Gasteiger partial charge in [-0.2, -0.15) is 0 Å². The van der Waals surface area contributed by atoms with E-state index in [-0.39, 0.29) is 16.2 Å². The van der Waals surface area contributed by atoms with E-state index in [2.05, 4.69) is 141 Å². The Morgan fingerprint density at radius 3 is 1.63 bits per heavy atom. The van der Waals surface area contributed by atoms with Crippen molar-refractivity contribution in [2.45, 2.75) is 57.8 Å². The number of pyridine rings is 1. The van der Waals surface area contributed by atoms with E-state index in [1.807, 2.05) is 12.4 Å². The van der Waals surface area contributed by atoms with E-state index in [1.165, 1.54) is 50.4 Å². The van der Waals surface area contributed by atoms with E-state index in [4.69, 9.17) is 4.98 Å². The molecule has 0 unspecified atom stereocenters. The van der Waals surface area contributed by atoms with E-state index in [0.717, 1.165) is 28.1 Å². The van der Waals surface area contributed by atoms with Crippen molar-refractivity contribution in [3.8, 4) is 17.1 Å². The molecule has 0 N–H and O–H groups in total. The van der Waals surface area contributed by atoms with E-state index in [9.17, 15) is 0 Å². The predicted octanol–water partition coefficient (Wildman–Crippen LogP) is 9.48. The molecule has 9 rings (SSSR count). The van der Waals surface area contributed by atoms with E-state index in [0.29, 0.717) is 0 Å². The van der Waals surface area contributed by atoms with Gasteiger partial charge in [-0.1, -0.05) is 96.1 Å². The number of hydrogen-bond acceptors (Lipinski definition) is 3. The third-order valence-electron chi connectivity index (χ3n) is 10.6. The molecule has 2 aromatic heterocycles. The number of imidazole rings is 1. The molecule has 0 atom stereocenters. The molecule has 0 saturated carbocycles. The summed E-state index contributed by atoms with van der Waals surface area (Å²) in [5.74, 6) is 0.943. The van der Waals surface area contributed by atoms with Gasteiger partial charge in [-0.15, -0.1) is 0 Å². The van der Waals surface area contributed by atoms with Gasteiger partial charge in [-0.25, -0.2) is 4.98 Å². The Balaban J connectivity index is 1.42. The van der Waals surface area contributed by atoms with Gasteiger partial charge in [0.2, 0.25) is 0 Å². The third kappa shape index (κ3) is 2.91. The molecule has 3 aliphatic rings. The summed E-state index contributed by atoms with van der Waals surface area (Å²) in [5, 5.41) is 0. The van der Waals surface area contributed by atoms with Crippen molar-refractivity contribution in [2.24, 2.45) is 0 Å². The topological polar surface area (TPSA) is 34.0 Å². The van der Waals surface area contributed by atoms with E-state index in [1.54, 1.807) is 0 Å². The number of para-hydroxylation sites is 3. The van der Waals surface area contributed by atoms with Crippen LogP contribution in [0.15, 0.2) is 97.3 Å². The summed E-state index contributed by atoms with van der Waals surface area (Å²) < 4.78 is 2.29. The molecule has 4 aromatic carbocycles. The first-order chi connectivity index (χ1) is 20.6. The second-order valence-electron chi connectivity index (χ2n) is 14.0. The molecular weight excluding hydrogens is 524 g/mol. The lowest BCUT2D eigenvalue weighted by Crippen LogP contribution is -2.43. The summed E-state index contributed by atoms with van der Waals surface area (Å²) in [7, 11) is 0. The number of aromatic nitrogens is 3. The average molecular weight is 559 g/mol. The Bertz CT molecular complexity index is 2070. The largest absolute Gasteiger partial charge is 0.309 e. The second-order valence-corrected chi connectivity index (χ2v) is 14.0. The molecule has 210 valence electrons. The maximum absolute atomic E-state index is 5.23. The highest BCUT2D eigenvalue weighted by Crippen LogP contribution is 2.66. The summed E-state index contributed by atoms with van der Waals surface area (Å²) in [4.78, 5) is 12.3. The van der Waals surface area contributed by atoms with Gasteiger partial charge in [0.15, 0.2) is 0 Å². The highest BCUT2D eigenvalue weighted by molar-refractivity contribution is 5.99. The number of hydrogen-bond donors (Lipinski definition) is 0. The first-order valence-electron chi connectivity index (χ1n) is 15.3. The zero-order chi connectivity index (χ0) is 29.5. The zero-order valence-electron chi connectivity index (χ0n) is 25.5. The minimum absolute atomic E-state index is 0.0944. The minimum atomic E-state index is -0.205. The van der Waals surface area contributed by atoms with Crippen LogP contribution in [0, 0.1) is 0 Å². The first kappa shape index (κ1) is 24.9. The molecule has 0 bridgehead atoms. The van der Waals surface area contributed by atoms with Gasteiger partial charge in [0.25, 0.3) is 0 Å². The van der Waals surface area contributed by atoms with Crippen molar-refractivity contribution in [3.05, 3.63) is 131 Å². The van der Waals surface area contributed by atoms with Gasteiger partial charge in [-0.3, -0.25) is 9.55 Å². The van der Waals surface area contributed by atoms with Gasteiger partial charge < -0.3 is 4.90 Å². The lowest BCUT2D eigenvalue weighted by Gasteiger charge is -2.55. The fourth-order valence-electron chi connectivity index (χ4n) is 8.28. The quantitative estimate of drug-likeness (QED) is 0.212. The number of fused-ring (bicyclic) bond motifs is 1. The normalized spacial score (nSPS) is 17.6. The zero-order valence-corrected chi connectivity index (χ0v) is 25.5. The van der Waals surface area contributed by atoms with Crippen LogP contribution in [0.3, 0.4) is 0 Å². The Hall–Kier alpha value is -4.70. The van der Waals surface area contributed by atoms with Crippen LogP contribution in [0.2, 0.25) is 0 Å². The Labute approximate surface area is 252 Å². The number of nitrogens with zero attached hydrogens (tertiary/aromatic N) is 4. The van der Waals surface area contributed by atoms with Crippen LogP contribution >= 0.6 is 0 Å². The maximum atomic E-state index is 5.23. The van der Waals surface area contributed by atoms with Crippen molar-refractivity contribution >= 4 is 28.1 Å². The lowest BCUT2D eigenvalue weighted by atomic mass is 9.60. The molecular formula is C39H34N4. The van der Waals surface area contributed by atoms with E-state index < -0.39 is 0 Å². The average Bonchev–Trinajstić information content (AvgIpc) is 3.40. The molecule has 5 heterocycles. The van der Waals surface area contributed by atoms with Gasteiger partial charge in [0.05, 0.1) is 28.8 Å². The molecule has 4 heteroatoms. The summed E-state index contributed by atoms with van der Waals surface area (Å²) in [6, 6.07) is 31.4.